The fourth-order valence-electron chi connectivity index (χ4n) is 2.51. The molecule has 0 saturated heterocycles. The number of nitrogens with one attached hydrogen (secondary N) is 1. The van der Waals surface area contributed by atoms with Crippen molar-refractivity contribution in [1.82, 2.24) is 15.2 Å². The van der Waals surface area contributed by atoms with E-state index >= 15 is 0 Å². The van der Waals surface area contributed by atoms with Crippen molar-refractivity contribution in [2.75, 3.05) is 19.5 Å². The molecular formula is C18H20N4O2S. The number of methoxy groups -OCH3 is 2. The fraction of sp³-hybridized carbons (Fsp3) is 0.278. The first kappa shape index (κ1) is 17.2. The zero-order valence-electron chi connectivity index (χ0n) is 14.7. The molecule has 130 valence electrons. The summed E-state index contributed by atoms with van der Waals surface area (Å²) in [5.41, 5.74) is 2.80. The van der Waals surface area contributed by atoms with Crippen LogP contribution in [-0.4, -0.2) is 29.4 Å². The number of benzene rings is 1. The number of anilines is 1. The van der Waals surface area contributed by atoms with Gasteiger partial charge in [-0.2, -0.15) is 5.10 Å². The lowest BCUT2D eigenvalue weighted by atomic mass is 10.1. The number of nitrogens with zero attached hydrogens (tertiary/aromatic N) is 3. The minimum atomic E-state index is 0.612. The van der Waals surface area contributed by atoms with E-state index in [1.165, 1.54) is 4.88 Å². The lowest BCUT2D eigenvalue weighted by Gasteiger charge is -2.13. The third-order valence-corrected chi connectivity index (χ3v) is 4.94. The molecule has 0 aliphatic heterocycles. The molecule has 0 unspecified atom stereocenters. The van der Waals surface area contributed by atoms with Crippen LogP contribution in [0.5, 0.6) is 11.5 Å². The lowest BCUT2D eigenvalue weighted by molar-refractivity contribution is 0.397. The fourth-order valence-corrected chi connectivity index (χ4v) is 3.38. The van der Waals surface area contributed by atoms with Gasteiger partial charge < -0.3 is 14.8 Å². The number of hydrogen-bond acceptors (Lipinski definition) is 7. The summed E-state index contributed by atoms with van der Waals surface area (Å²) < 4.78 is 10.9. The lowest BCUT2D eigenvalue weighted by Crippen LogP contribution is -2.03. The second kappa shape index (κ2) is 7.48. The van der Waals surface area contributed by atoms with Gasteiger partial charge in [-0.1, -0.05) is 6.07 Å². The molecule has 1 N–H and O–H groups in total. The van der Waals surface area contributed by atoms with Gasteiger partial charge in [0.2, 0.25) is 0 Å². The maximum atomic E-state index is 5.47. The monoisotopic (exact) mass is 356 g/mol. The smallest absolute Gasteiger partial charge is 0.149 e. The van der Waals surface area contributed by atoms with E-state index in [1.807, 2.05) is 31.2 Å². The van der Waals surface area contributed by atoms with Crippen molar-refractivity contribution in [3.8, 4) is 22.6 Å². The van der Waals surface area contributed by atoms with Gasteiger partial charge in [0.1, 0.15) is 22.3 Å². The second-order valence-electron chi connectivity index (χ2n) is 5.47. The van der Waals surface area contributed by atoms with Crippen LogP contribution in [0.3, 0.4) is 0 Å². The molecule has 0 fully saturated rings. The Hall–Kier alpha value is -2.67. The van der Waals surface area contributed by atoms with Crippen molar-refractivity contribution in [3.05, 3.63) is 46.0 Å². The van der Waals surface area contributed by atoms with Gasteiger partial charge in [-0.25, -0.2) is 4.98 Å². The molecule has 6 nitrogen and oxygen atoms in total. The standard InChI is InChI=1S/C18H20N4O2S/c1-11-12(2)25-17(21-11)10-19-16-8-13(9-20-22-16)18-14(23-3)6-5-7-15(18)24-4/h5-9H,10H2,1-4H3,(H,19,22). The van der Waals surface area contributed by atoms with E-state index in [-0.39, 0.29) is 0 Å². The highest BCUT2D eigenvalue weighted by Crippen LogP contribution is 2.38. The first-order chi connectivity index (χ1) is 12.1. The highest BCUT2D eigenvalue weighted by Gasteiger charge is 2.14. The van der Waals surface area contributed by atoms with Crippen molar-refractivity contribution < 1.29 is 9.47 Å². The van der Waals surface area contributed by atoms with E-state index in [0.717, 1.165) is 33.3 Å². The van der Waals surface area contributed by atoms with Gasteiger partial charge >= 0.3 is 0 Å². The molecular weight excluding hydrogens is 336 g/mol. The Bertz CT molecular complexity index is 838. The minimum Gasteiger partial charge on any atom is -0.496 e. The predicted molar refractivity (Wildman–Crippen MR) is 99.5 cm³/mol. The van der Waals surface area contributed by atoms with E-state index in [4.69, 9.17) is 9.47 Å². The van der Waals surface area contributed by atoms with Gasteiger partial charge in [0.15, 0.2) is 0 Å². The van der Waals surface area contributed by atoms with Gasteiger partial charge in [0.25, 0.3) is 0 Å². The Morgan fingerprint density at radius 1 is 1.12 bits per heavy atom. The van der Waals surface area contributed by atoms with Crippen LogP contribution in [0.25, 0.3) is 11.1 Å². The molecule has 3 rings (SSSR count). The van der Waals surface area contributed by atoms with E-state index < -0.39 is 0 Å². The Balaban J connectivity index is 1.87. The summed E-state index contributed by atoms with van der Waals surface area (Å²) in [4.78, 5) is 5.76. The summed E-state index contributed by atoms with van der Waals surface area (Å²) in [6, 6.07) is 7.61. The summed E-state index contributed by atoms with van der Waals surface area (Å²) in [5, 5.41) is 12.6. The minimum absolute atomic E-state index is 0.612. The average Bonchev–Trinajstić information content (AvgIpc) is 2.97. The topological polar surface area (TPSA) is 69.2 Å². The molecule has 0 aliphatic rings. The SMILES string of the molecule is COc1cccc(OC)c1-c1cnnc(NCc2nc(C)c(C)s2)c1. The van der Waals surface area contributed by atoms with Crippen LogP contribution in [-0.2, 0) is 6.54 Å². The molecule has 2 heterocycles. The van der Waals surface area contributed by atoms with Crippen molar-refractivity contribution in [2.45, 2.75) is 20.4 Å². The highest BCUT2D eigenvalue weighted by molar-refractivity contribution is 7.11. The zero-order chi connectivity index (χ0) is 17.8. The number of thiazole rings is 1. The molecule has 0 spiro atoms. The maximum Gasteiger partial charge on any atom is 0.149 e. The number of aromatic nitrogens is 3. The van der Waals surface area contributed by atoms with Crippen molar-refractivity contribution in [2.24, 2.45) is 0 Å². The molecule has 0 saturated carbocycles. The molecule has 0 atom stereocenters. The molecule has 1 aromatic carbocycles. The summed E-state index contributed by atoms with van der Waals surface area (Å²) in [6.07, 6.45) is 1.70. The predicted octanol–water partition coefficient (Wildman–Crippen LogP) is 3.85. The summed E-state index contributed by atoms with van der Waals surface area (Å²) in [7, 11) is 3.28. The van der Waals surface area contributed by atoms with E-state index in [9.17, 15) is 0 Å². The summed E-state index contributed by atoms with van der Waals surface area (Å²) in [5.74, 6) is 2.13. The number of ether oxygens (including phenoxy) is 2. The van der Waals surface area contributed by atoms with E-state index in [2.05, 4.69) is 27.4 Å². The van der Waals surface area contributed by atoms with Crippen LogP contribution in [0.15, 0.2) is 30.5 Å². The third kappa shape index (κ3) is 3.71. The molecule has 7 heteroatoms. The van der Waals surface area contributed by atoms with E-state index in [1.54, 1.807) is 31.8 Å². The Kier molecular flexibility index (Phi) is 5.14. The zero-order valence-corrected chi connectivity index (χ0v) is 15.5. The van der Waals surface area contributed by atoms with Crippen LogP contribution in [0.2, 0.25) is 0 Å². The van der Waals surface area contributed by atoms with Crippen molar-refractivity contribution in [3.63, 3.8) is 0 Å². The van der Waals surface area contributed by atoms with E-state index in [0.29, 0.717) is 12.4 Å². The molecule has 2 aromatic heterocycles. The maximum absolute atomic E-state index is 5.47. The average molecular weight is 356 g/mol. The molecule has 25 heavy (non-hydrogen) atoms. The third-order valence-electron chi connectivity index (χ3n) is 3.86. The summed E-state index contributed by atoms with van der Waals surface area (Å²) >= 11 is 1.68. The van der Waals surface area contributed by atoms with Gasteiger partial charge in [0.05, 0.1) is 38.2 Å². The number of rotatable bonds is 6. The molecule has 0 bridgehead atoms. The Morgan fingerprint density at radius 2 is 1.84 bits per heavy atom. The normalized spacial score (nSPS) is 10.6. The Labute approximate surface area is 150 Å². The quantitative estimate of drug-likeness (QED) is 0.723. The Morgan fingerprint density at radius 3 is 2.44 bits per heavy atom. The van der Waals surface area contributed by atoms with Gasteiger partial charge in [-0.05, 0) is 32.0 Å². The number of hydrogen-bond donors (Lipinski definition) is 1. The van der Waals surface area contributed by atoms with Crippen LogP contribution in [0.4, 0.5) is 5.82 Å². The highest BCUT2D eigenvalue weighted by atomic mass is 32.1. The largest absolute Gasteiger partial charge is 0.496 e. The first-order valence-corrected chi connectivity index (χ1v) is 8.65. The van der Waals surface area contributed by atoms with Gasteiger partial charge in [-0.3, -0.25) is 0 Å². The van der Waals surface area contributed by atoms with Crippen LogP contribution >= 0.6 is 11.3 Å². The van der Waals surface area contributed by atoms with Crippen LogP contribution in [0.1, 0.15) is 15.6 Å². The van der Waals surface area contributed by atoms with Gasteiger partial charge in [-0.15, -0.1) is 16.4 Å². The first-order valence-electron chi connectivity index (χ1n) is 7.83. The second-order valence-corrected chi connectivity index (χ2v) is 6.76. The molecule has 0 aliphatic carbocycles. The van der Waals surface area contributed by atoms with Crippen LogP contribution in [0, 0.1) is 13.8 Å². The number of aryl methyl sites for hydroxylation is 2. The van der Waals surface area contributed by atoms with Crippen LogP contribution < -0.4 is 14.8 Å². The van der Waals surface area contributed by atoms with Gasteiger partial charge in [0, 0.05) is 10.4 Å². The summed E-state index contributed by atoms with van der Waals surface area (Å²) in [6.45, 7) is 4.70. The molecule has 3 aromatic rings. The molecule has 0 amide bonds. The molecule has 0 radical (unpaired) electrons. The van der Waals surface area contributed by atoms with Crippen molar-refractivity contribution in [1.29, 1.82) is 0 Å². The van der Waals surface area contributed by atoms with Crippen molar-refractivity contribution >= 4 is 17.2 Å².